The quantitative estimate of drug-likeness (QED) is 0.743. The van der Waals surface area contributed by atoms with E-state index in [4.69, 9.17) is 11.6 Å². The van der Waals surface area contributed by atoms with Gasteiger partial charge in [-0.3, -0.25) is 0 Å². The van der Waals surface area contributed by atoms with Crippen molar-refractivity contribution in [3.05, 3.63) is 29.8 Å². The number of fused-ring (bicyclic) bond motifs is 1. The van der Waals surface area contributed by atoms with Crippen LogP contribution >= 0.6 is 11.6 Å². The van der Waals surface area contributed by atoms with Crippen LogP contribution in [-0.2, 0) is 5.54 Å². The van der Waals surface area contributed by atoms with Gasteiger partial charge in [0, 0.05) is 5.54 Å². The molecule has 4 heteroatoms. The van der Waals surface area contributed by atoms with E-state index in [0.29, 0.717) is 5.52 Å². The number of hydrogen-bond acceptors (Lipinski definition) is 1. The van der Waals surface area contributed by atoms with Crippen LogP contribution in [0.1, 0.15) is 45.3 Å². The Kier molecular flexibility index (Phi) is 3.37. The summed E-state index contributed by atoms with van der Waals surface area (Å²) >= 11 is 6.19. The number of imidazole rings is 1. The van der Waals surface area contributed by atoms with Crippen molar-refractivity contribution in [1.82, 2.24) is 9.55 Å². The van der Waals surface area contributed by atoms with Crippen molar-refractivity contribution in [3.63, 3.8) is 0 Å². The molecule has 1 aromatic heterocycles. The summed E-state index contributed by atoms with van der Waals surface area (Å²) in [5.41, 5.74) is 1.08. The summed E-state index contributed by atoms with van der Waals surface area (Å²) in [6, 6.07) is 5.04. The molecule has 0 saturated carbocycles. The van der Waals surface area contributed by atoms with Gasteiger partial charge in [-0.05, 0) is 39.3 Å². The number of hydrogen-bond donors (Lipinski definition) is 0. The number of halogens is 2. The van der Waals surface area contributed by atoms with Crippen molar-refractivity contribution in [2.75, 3.05) is 0 Å². The topological polar surface area (TPSA) is 17.8 Å². The number of alkyl halides is 1. The molecule has 1 atom stereocenters. The third-order valence-electron chi connectivity index (χ3n) is 3.49. The van der Waals surface area contributed by atoms with Gasteiger partial charge < -0.3 is 4.57 Å². The monoisotopic (exact) mass is 268 g/mol. The van der Waals surface area contributed by atoms with Crippen LogP contribution in [0, 0.1) is 5.82 Å². The Hall–Kier alpha value is -1.09. The average molecular weight is 269 g/mol. The Morgan fingerprint density at radius 2 is 2.11 bits per heavy atom. The molecule has 0 aliphatic rings. The molecular weight excluding hydrogens is 251 g/mol. The van der Waals surface area contributed by atoms with Crippen LogP contribution in [0.4, 0.5) is 4.39 Å². The molecule has 0 N–H and O–H groups in total. The zero-order valence-corrected chi connectivity index (χ0v) is 11.9. The summed E-state index contributed by atoms with van der Waals surface area (Å²) in [7, 11) is 0. The summed E-state index contributed by atoms with van der Waals surface area (Å²) in [6.45, 7) is 8.19. The molecule has 1 unspecified atom stereocenters. The minimum absolute atomic E-state index is 0.138. The van der Waals surface area contributed by atoms with E-state index in [-0.39, 0.29) is 16.7 Å². The molecule has 2 aromatic rings. The Morgan fingerprint density at radius 3 is 2.67 bits per heavy atom. The second-order valence-corrected chi connectivity index (χ2v) is 5.85. The van der Waals surface area contributed by atoms with Crippen molar-refractivity contribution < 1.29 is 4.39 Å². The summed E-state index contributed by atoms with van der Waals surface area (Å²) in [5.74, 6) is 0.431. The standard InChI is InChI=1S/C14H18ClFN2/c1-5-14(3,4)18-11-8-6-7-10(16)12(11)17-13(18)9(2)15/h6-9H,5H2,1-4H3. The minimum atomic E-state index is -0.295. The van der Waals surface area contributed by atoms with Gasteiger partial charge >= 0.3 is 0 Å². The highest BCUT2D eigenvalue weighted by molar-refractivity contribution is 6.20. The third-order valence-corrected chi connectivity index (χ3v) is 3.68. The second-order valence-electron chi connectivity index (χ2n) is 5.19. The van der Waals surface area contributed by atoms with E-state index >= 15 is 0 Å². The molecule has 0 fully saturated rings. The van der Waals surface area contributed by atoms with E-state index in [2.05, 4.69) is 30.3 Å². The van der Waals surface area contributed by atoms with Crippen LogP contribution in [0.25, 0.3) is 11.0 Å². The number of para-hydroxylation sites is 1. The van der Waals surface area contributed by atoms with Crippen LogP contribution in [0.2, 0.25) is 0 Å². The van der Waals surface area contributed by atoms with E-state index < -0.39 is 0 Å². The first-order valence-electron chi connectivity index (χ1n) is 6.20. The van der Waals surface area contributed by atoms with E-state index in [1.807, 2.05) is 13.0 Å². The first kappa shape index (κ1) is 13.3. The molecule has 0 saturated heterocycles. The first-order valence-corrected chi connectivity index (χ1v) is 6.63. The van der Waals surface area contributed by atoms with Gasteiger partial charge in [-0.2, -0.15) is 0 Å². The van der Waals surface area contributed by atoms with E-state index in [1.54, 1.807) is 6.07 Å². The third kappa shape index (κ3) is 2.01. The molecule has 2 nitrogen and oxygen atoms in total. The van der Waals surface area contributed by atoms with Crippen LogP contribution in [-0.4, -0.2) is 9.55 Å². The lowest BCUT2D eigenvalue weighted by Crippen LogP contribution is -2.27. The highest BCUT2D eigenvalue weighted by atomic mass is 35.5. The molecule has 1 aromatic carbocycles. The molecule has 98 valence electrons. The molecular formula is C14H18ClFN2. The van der Waals surface area contributed by atoms with Gasteiger partial charge in [0.2, 0.25) is 0 Å². The molecule has 0 radical (unpaired) electrons. The van der Waals surface area contributed by atoms with E-state index in [0.717, 1.165) is 17.8 Å². The second kappa shape index (κ2) is 4.54. The molecule has 0 amide bonds. The molecule has 2 rings (SSSR count). The Bertz CT molecular complexity index is 572. The highest BCUT2D eigenvalue weighted by Crippen LogP contribution is 2.33. The molecule has 1 heterocycles. The fourth-order valence-electron chi connectivity index (χ4n) is 2.14. The van der Waals surface area contributed by atoms with Crippen LogP contribution in [0.15, 0.2) is 18.2 Å². The Balaban J connectivity index is 2.83. The SMILES string of the molecule is CCC(C)(C)n1c(C(C)Cl)nc2c(F)cccc21. The van der Waals surface area contributed by atoms with Gasteiger partial charge in [0.1, 0.15) is 11.3 Å². The maximum absolute atomic E-state index is 13.8. The fraction of sp³-hybridized carbons (Fsp3) is 0.500. The highest BCUT2D eigenvalue weighted by Gasteiger charge is 2.27. The molecule has 0 bridgehead atoms. The van der Waals surface area contributed by atoms with Gasteiger partial charge in [0.25, 0.3) is 0 Å². The Morgan fingerprint density at radius 1 is 1.44 bits per heavy atom. The average Bonchev–Trinajstić information content (AvgIpc) is 2.70. The van der Waals surface area contributed by atoms with Crippen molar-refractivity contribution in [2.24, 2.45) is 0 Å². The summed E-state index contributed by atoms with van der Waals surface area (Å²) in [6.07, 6.45) is 0.922. The van der Waals surface area contributed by atoms with Crippen molar-refractivity contribution in [2.45, 2.75) is 45.0 Å². The summed E-state index contributed by atoms with van der Waals surface area (Å²) in [4.78, 5) is 4.38. The number of nitrogens with zero attached hydrogens (tertiary/aromatic N) is 2. The largest absolute Gasteiger partial charge is 0.321 e. The summed E-state index contributed by atoms with van der Waals surface area (Å²) < 4.78 is 15.9. The van der Waals surface area contributed by atoms with Crippen molar-refractivity contribution in [3.8, 4) is 0 Å². The van der Waals surface area contributed by atoms with Crippen molar-refractivity contribution in [1.29, 1.82) is 0 Å². The zero-order chi connectivity index (χ0) is 13.5. The lowest BCUT2D eigenvalue weighted by atomic mass is 10.0. The van der Waals surface area contributed by atoms with Crippen molar-refractivity contribution >= 4 is 22.6 Å². The number of aromatic nitrogens is 2. The lowest BCUT2D eigenvalue weighted by Gasteiger charge is -2.28. The molecule has 0 aliphatic carbocycles. The van der Waals surface area contributed by atoms with Gasteiger partial charge in [0.15, 0.2) is 5.82 Å². The summed E-state index contributed by atoms with van der Waals surface area (Å²) in [5, 5.41) is -0.248. The van der Waals surface area contributed by atoms with Gasteiger partial charge in [-0.25, -0.2) is 9.37 Å². The molecule has 0 spiro atoms. The minimum Gasteiger partial charge on any atom is -0.321 e. The van der Waals surface area contributed by atoms with Gasteiger partial charge in [-0.1, -0.05) is 13.0 Å². The van der Waals surface area contributed by atoms with Crippen LogP contribution in [0.3, 0.4) is 0 Å². The van der Waals surface area contributed by atoms with E-state index in [9.17, 15) is 4.39 Å². The Labute approximate surface area is 112 Å². The molecule has 18 heavy (non-hydrogen) atoms. The molecule has 0 aliphatic heterocycles. The normalized spacial score (nSPS) is 14.1. The van der Waals surface area contributed by atoms with Gasteiger partial charge in [-0.15, -0.1) is 11.6 Å². The van der Waals surface area contributed by atoms with Crippen LogP contribution < -0.4 is 0 Å². The lowest BCUT2D eigenvalue weighted by molar-refractivity contribution is 0.341. The zero-order valence-electron chi connectivity index (χ0n) is 11.2. The smallest absolute Gasteiger partial charge is 0.151 e. The number of benzene rings is 1. The fourth-order valence-corrected chi connectivity index (χ4v) is 2.29. The first-order chi connectivity index (χ1) is 8.38. The predicted molar refractivity (Wildman–Crippen MR) is 73.6 cm³/mol. The van der Waals surface area contributed by atoms with E-state index in [1.165, 1.54) is 6.07 Å². The van der Waals surface area contributed by atoms with Gasteiger partial charge in [0.05, 0.1) is 10.9 Å². The number of rotatable bonds is 3. The maximum Gasteiger partial charge on any atom is 0.151 e. The predicted octanol–water partition coefficient (Wildman–Crippen LogP) is 4.62. The van der Waals surface area contributed by atoms with Crippen LogP contribution in [0.5, 0.6) is 0 Å². The maximum atomic E-state index is 13.8.